The van der Waals surface area contributed by atoms with Crippen LogP contribution in [0.4, 0.5) is 10.7 Å². The van der Waals surface area contributed by atoms with E-state index in [1.807, 2.05) is 25.7 Å². The zero-order valence-corrected chi connectivity index (χ0v) is 12.0. The molecule has 1 aliphatic heterocycles. The lowest BCUT2D eigenvalue weighted by molar-refractivity contribution is 0.0509. The zero-order valence-electron chi connectivity index (χ0n) is 12.0. The van der Waals surface area contributed by atoms with E-state index in [0.717, 1.165) is 13.0 Å². The van der Waals surface area contributed by atoms with E-state index >= 15 is 0 Å². The summed E-state index contributed by atoms with van der Waals surface area (Å²) < 4.78 is 5.22. The number of aromatic nitrogens is 2. The van der Waals surface area contributed by atoms with Crippen LogP contribution in [0.1, 0.15) is 27.2 Å². The Balaban J connectivity index is 1.86. The van der Waals surface area contributed by atoms with E-state index in [2.05, 4.69) is 15.3 Å². The predicted molar refractivity (Wildman–Crippen MR) is 73.7 cm³/mol. The third-order valence-corrected chi connectivity index (χ3v) is 2.82. The second-order valence-corrected chi connectivity index (χ2v) is 5.82. The highest BCUT2D eigenvalue weighted by Gasteiger charge is 2.27. The van der Waals surface area contributed by atoms with Crippen molar-refractivity contribution in [3.8, 4) is 5.75 Å². The fraction of sp³-hybridized carbons (Fsp3) is 0.615. The fourth-order valence-corrected chi connectivity index (χ4v) is 2.01. The SMILES string of the molecule is CC(C)(C)OC(=O)N[C@@H]1CCN(c2ncc(O)cn2)C1. The van der Waals surface area contributed by atoms with Gasteiger partial charge in [0.1, 0.15) is 5.60 Å². The van der Waals surface area contributed by atoms with E-state index < -0.39 is 11.7 Å². The molecular formula is C13H20N4O3. The Kier molecular flexibility index (Phi) is 3.96. The van der Waals surface area contributed by atoms with Gasteiger partial charge in [0.2, 0.25) is 5.95 Å². The number of aromatic hydroxyl groups is 1. The van der Waals surface area contributed by atoms with Crippen LogP contribution in [0.3, 0.4) is 0 Å². The first-order chi connectivity index (χ1) is 9.33. The van der Waals surface area contributed by atoms with Crippen LogP contribution < -0.4 is 10.2 Å². The number of hydrogen-bond acceptors (Lipinski definition) is 6. The third-order valence-electron chi connectivity index (χ3n) is 2.82. The second-order valence-electron chi connectivity index (χ2n) is 5.82. The van der Waals surface area contributed by atoms with Gasteiger partial charge in [0.25, 0.3) is 0 Å². The largest absolute Gasteiger partial charge is 0.505 e. The Bertz CT molecular complexity index is 469. The van der Waals surface area contributed by atoms with E-state index in [-0.39, 0.29) is 11.8 Å². The average Bonchev–Trinajstić information content (AvgIpc) is 2.75. The summed E-state index contributed by atoms with van der Waals surface area (Å²) in [5, 5.41) is 12.0. The maximum atomic E-state index is 11.7. The summed E-state index contributed by atoms with van der Waals surface area (Å²) in [4.78, 5) is 21.8. The average molecular weight is 280 g/mol. The van der Waals surface area contributed by atoms with Crippen LogP contribution >= 0.6 is 0 Å². The number of nitrogens with one attached hydrogen (secondary N) is 1. The predicted octanol–water partition coefficient (Wildman–Crippen LogP) is 1.29. The van der Waals surface area contributed by atoms with E-state index in [9.17, 15) is 4.79 Å². The van der Waals surface area contributed by atoms with Crippen molar-refractivity contribution < 1.29 is 14.6 Å². The molecule has 1 fully saturated rings. The van der Waals surface area contributed by atoms with Gasteiger partial charge in [0.05, 0.1) is 18.4 Å². The molecule has 0 radical (unpaired) electrons. The van der Waals surface area contributed by atoms with Crippen molar-refractivity contribution in [2.45, 2.75) is 38.8 Å². The molecule has 7 heteroatoms. The Morgan fingerprint density at radius 3 is 2.70 bits per heavy atom. The minimum absolute atomic E-state index is 0.0160. The van der Waals surface area contributed by atoms with Crippen LogP contribution in [-0.4, -0.2) is 45.9 Å². The van der Waals surface area contributed by atoms with Crippen molar-refractivity contribution in [1.82, 2.24) is 15.3 Å². The van der Waals surface area contributed by atoms with Crippen LogP contribution in [0, 0.1) is 0 Å². The molecule has 2 N–H and O–H groups in total. The molecule has 0 aliphatic carbocycles. The van der Waals surface area contributed by atoms with Crippen molar-refractivity contribution >= 4 is 12.0 Å². The van der Waals surface area contributed by atoms with Crippen LogP contribution in [0.25, 0.3) is 0 Å². The molecule has 1 amide bonds. The van der Waals surface area contributed by atoms with Crippen LogP contribution in [-0.2, 0) is 4.74 Å². The number of rotatable bonds is 2. The van der Waals surface area contributed by atoms with Gasteiger partial charge in [0.15, 0.2) is 5.75 Å². The van der Waals surface area contributed by atoms with E-state index in [0.29, 0.717) is 12.5 Å². The summed E-state index contributed by atoms with van der Waals surface area (Å²) in [6.07, 6.45) is 3.12. The highest BCUT2D eigenvalue weighted by atomic mass is 16.6. The van der Waals surface area contributed by atoms with Crippen LogP contribution in [0.2, 0.25) is 0 Å². The molecule has 110 valence electrons. The first kappa shape index (κ1) is 14.4. The number of ether oxygens (including phenoxy) is 1. The van der Waals surface area contributed by atoms with Gasteiger partial charge in [-0.05, 0) is 27.2 Å². The molecule has 20 heavy (non-hydrogen) atoms. The molecule has 0 spiro atoms. The molecule has 1 aliphatic rings. The monoisotopic (exact) mass is 280 g/mol. The number of carbonyl (C=O) groups excluding carboxylic acids is 1. The number of anilines is 1. The van der Waals surface area contributed by atoms with Crippen molar-refractivity contribution in [1.29, 1.82) is 0 Å². The lowest BCUT2D eigenvalue weighted by Crippen LogP contribution is -2.40. The number of amides is 1. The molecule has 0 aromatic carbocycles. The van der Waals surface area contributed by atoms with E-state index in [1.165, 1.54) is 12.4 Å². The number of hydrogen-bond donors (Lipinski definition) is 2. The summed E-state index contributed by atoms with van der Waals surface area (Å²) in [7, 11) is 0. The molecule has 0 bridgehead atoms. The lowest BCUT2D eigenvalue weighted by atomic mass is 10.2. The fourth-order valence-electron chi connectivity index (χ4n) is 2.01. The lowest BCUT2D eigenvalue weighted by Gasteiger charge is -2.22. The van der Waals surface area contributed by atoms with Gasteiger partial charge in [0, 0.05) is 13.1 Å². The van der Waals surface area contributed by atoms with Crippen molar-refractivity contribution in [3.05, 3.63) is 12.4 Å². The molecule has 1 saturated heterocycles. The Labute approximate surface area is 118 Å². The highest BCUT2D eigenvalue weighted by molar-refractivity contribution is 5.68. The summed E-state index contributed by atoms with van der Waals surface area (Å²) in [5.74, 6) is 0.590. The molecule has 0 unspecified atom stereocenters. The summed E-state index contributed by atoms with van der Waals surface area (Å²) >= 11 is 0. The van der Waals surface area contributed by atoms with Crippen molar-refractivity contribution in [2.75, 3.05) is 18.0 Å². The van der Waals surface area contributed by atoms with Gasteiger partial charge in [-0.1, -0.05) is 0 Å². The highest BCUT2D eigenvalue weighted by Crippen LogP contribution is 2.17. The maximum Gasteiger partial charge on any atom is 0.407 e. The first-order valence-electron chi connectivity index (χ1n) is 6.59. The molecule has 7 nitrogen and oxygen atoms in total. The van der Waals surface area contributed by atoms with E-state index in [1.54, 1.807) is 0 Å². The van der Waals surface area contributed by atoms with Crippen LogP contribution in [0.5, 0.6) is 5.75 Å². The molecule has 2 heterocycles. The first-order valence-corrected chi connectivity index (χ1v) is 6.59. The third kappa shape index (κ3) is 3.97. The minimum Gasteiger partial charge on any atom is -0.505 e. The van der Waals surface area contributed by atoms with Gasteiger partial charge in [-0.15, -0.1) is 0 Å². The Morgan fingerprint density at radius 1 is 1.45 bits per heavy atom. The minimum atomic E-state index is -0.498. The van der Waals surface area contributed by atoms with Gasteiger partial charge in [-0.2, -0.15) is 0 Å². The summed E-state index contributed by atoms with van der Waals surface area (Å²) in [5.41, 5.74) is -0.498. The molecular weight excluding hydrogens is 260 g/mol. The zero-order chi connectivity index (χ0) is 14.8. The molecule has 1 atom stereocenters. The standard InChI is InChI=1S/C13H20N4O3/c1-13(2,3)20-12(19)16-9-4-5-17(8-9)11-14-6-10(18)7-15-11/h6-7,9,18H,4-5,8H2,1-3H3,(H,16,19)/t9-/m1/s1. The molecule has 1 aromatic rings. The quantitative estimate of drug-likeness (QED) is 0.848. The van der Waals surface area contributed by atoms with Gasteiger partial charge in [-0.3, -0.25) is 0 Å². The smallest absolute Gasteiger partial charge is 0.407 e. The van der Waals surface area contributed by atoms with Crippen molar-refractivity contribution in [2.24, 2.45) is 0 Å². The van der Waals surface area contributed by atoms with Gasteiger partial charge < -0.3 is 20.1 Å². The normalized spacial score (nSPS) is 18.9. The topological polar surface area (TPSA) is 87.6 Å². The van der Waals surface area contributed by atoms with Gasteiger partial charge >= 0.3 is 6.09 Å². The maximum absolute atomic E-state index is 11.7. The van der Waals surface area contributed by atoms with E-state index in [4.69, 9.17) is 9.84 Å². The number of carbonyl (C=O) groups is 1. The Morgan fingerprint density at radius 2 is 2.10 bits per heavy atom. The summed E-state index contributed by atoms with van der Waals surface area (Å²) in [6, 6.07) is 0.0160. The van der Waals surface area contributed by atoms with Crippen molar-refractivity contribution in [3.63, 3.8) is 0 Å². The second kappa shape index (κ2) is 5.52. The Hall–Kier alpha value is -2.05. The molecule has 1 aromatic heterocycles. The number of alkyl carbamates (subject to hydrolysis) is 1. The number of nitrogens with zero attached hydrogens (tertiary/aromatic N) is 3. The molecule has 0 saturated carbocycles. The summed E-state index contributed by atoms with van der Waals surface area (Å²) in [6.45, 7) is 6.88. The molecule has 2 rings (SSSR count). The van der Waals surface area contributed by atoms with Crippen LogP contribution in [0.15, 0.2) is 12.4 Å². The van der Waals surface area contributed by atoms with Gasteiger partial charge in [-0.25, -0.2) is 14.8 Å².